The van der Waals surface area contributed by atoms with Crippen molar-refractivity contribution >= 4 is 39.1 Å². The summed E-state index contributed by atoms with van der Waals surface area (Å²) < 4.78 is 31.8. The number of benzene rings is 2. The number of esters is 1. The van der Waals surface area contributed by atoms with Crippen LogP contribution in [0.2, 0.25) is 0 Å². The van der Waals surface area contributed by atoms with E-state index in [1.807, 2.05) is 4.90 Å². The van der Waals surface area contributed by atoms with Gasteiger partial charge in [-0.15, -0.1) is 0 Å². The van der Waals surface area contributed by atoms with Crippen molar-refractivity contribution in [2.45, 2.75) is 37.7 Å². The van der Waals surface area contributed by atoms with E-state index in [2.05, 4.69) is 5.32 Å². The number of amides is 1. The molecule has 3 rings (SSSR count). The minimum atomic E-state index is -3.76. The maximum Gasteiger partial charge on any atom is 0.341 e. The van der Waals surface area contributed by atoms with Gasteiger partial charge < -0.3 is 15.0 Å². The van der Waals surface area contributed by atoms with Crippen LogP contribution in [-0.2, 0) is 19.6 Å². The Hall–Kier alpha value is -3.24. The molecule has 1 heterocycles. The minimum Gasteiger partial charge on any atom is -0.451 e. The Bertz CT molecular complexity index is 1190. The van der Waals surface area contributed by atoms with Gasteiger partial charge in [0.2, 0.25) is 21.7 Å². The first-order chi connectivity index (χ1) is 16.0. The molecule has 1 amide bonds. The zero-order valence-electron chi connectivity index (χ0n) is 19.7. The number of carbonyl (C=O) groups is 3. The first-order valence-electron chi connectivity index (χ1n) is 10.9. The predicted molar refractivity (Wildman–Crippen MR) is 129 cm³/mol. The Kier molecular flexibility index (Phi) is 7.73. The molecule has 0 radical (unpaired) electrons. The molecule has 2 aromatic carbocycles. The average Bonchev–Trinajstić information content (AvgIpc) is 3.33. The van der Waals surface area contributed by atoms with Crippen molar-refractivity contribution in [3.8, 4) is 0 Å². The minimum absolute atomic E-state index is 0.0278. The van der Waals surface area contributed by atoms with E-state index in [1.165, 1.54) is 52.2 Å². The molecule has 182 valence electrons. The van der Waals surface area contributed by atoms with Crippen LogP contribution in [0.5, 0.6) is 0 Å². The SMILES string of the molecule is CC(=O)Nc1ccc(C(=O)C(C)OC(=O)c2cc(S(=O)(=O)N(C)C)ccc2N2CCCC2)cc1. The van der Waals surface area contributed by atoms with E-state index in [9.17, 15) is 22.8 Å². The largest absolute Gasteiger partial charge is 0.451 e. The van der Waals surface area contributed by atoms with Crippen LogP contribution < -0.4 is 10.2 Å². The van der Waals surface area contributed by atoms with Gasteiger partial charge in [-0.05, 0) is 62.2 Å². The highest BCUT2D eigenvalue weighted by Crippen LogP contribution is 2.29. The number of hydrogen-bond acceptors (Lipinski definition) is 7. The Morgan fingerprint density at radius 1 is 1.03 bits per heavy atom. The first kappa shape index (κ1) is 25.4. The zero-order chi connectivity index (χ0) is 25.0. The van der Waals surface area contributed by atoms with Crippen LogP contribution in [0.4, 0.5) is 11.4 Å². The molecule has 0 aliphatic carbocycles. The van der Waals surface area contributed by atoms with Gasteiger partial charge in [0.05, 0.1) is 16.1 Å². The fourth-order valence-electron chi connectivity index (χ4n) is 3.72. The molecule has 1 atom stereocenters. The summed E-state index contributed by atoms with van der Waals surface area (Å²) in [7, 11) is -0.931. The summed E-state index contributed by atoms with van der Waals surface area (Å²) in [5, 5.41) is 2.62. The molecular weight excluding hydrogens is 458 g/mol. The van der Waals surface area contributed by atoms with Crippen molar-refractivity contribution in [2.75, 3.05) is 37.4 Å². The molecule has 1 N–H and O–H groups in total. The second-order valence-electron chi connectivity index (χ2n) is 8.33. The smallest absolute Gasteiger partial charge is 0.341 e. The summed E-state index contributed by atoms with van der Waals surface area (Å²) in [5.41, 5.74) is 1.55. The topological polar surface area (TPSA) is 113 Å². The second kappa shape index (κ2) is 10.4. The number of sulfonamides is 1. The number of ketones is 1. The molecule has 1 aliphatic heterocycles. The third kappa shape index (κ3) is 5.63. The first-order valence-corrected chi connectivity index (χ1v) is 12.4. The number of rotatable bonds is 8. The van der Waals surface area contributed by atoms with Crippen LogP contribution in [0.3, 0.4) is 0 Å². The van der Waals surface area contributed by atoms with Crippen LogP contribution in [0.15, 0.2) is 47.4 Å². The van der Waals surface area contributed by atoms with Gasteiger partial charge in [0.1, 0.15) is 0 Å². The number of ether oxygens (including phenoxy) is 1. The summed E-state index contributed by atoms with van der Waals surface area (Å²) in [6.07, 6.45) is 0.838. The summed E-state index contributed by atoms with van der Waals surface area (Å²) in [4.78, 5) is 39.1. The number of Topliss-reactive ketones (excluding diaryl/α,β-unsaturated/α-hetero) is 1. The van der Waals surface area contributed by atoms with Crippen LogP contribution in [0.1, 0.15) is 47.4 Å². The molecule has 0 saturated carbocycles. The molecule has 1 fully saturated rings. The molecule has 1 aliphatic rings. The summed E-state index contributed by atoms with van der Waals surface area (Å²) >= 11 is 0. The molecule has 34 heavy (non-hydrogen) atoms. The monoisotopic (exact) mass is 487 g/mol. The van der Waals surface area contributed by atoms with Crippen LogP contribution in [0.25, 0.3) is 0 Å². The standard InChI is InChI=1S/C24H29N3O6S/c1-16(23(29)18-7-9-19(10-8-18)25-17(2)28)33-24(30)21-15-20(34(31,32)26(3)4)11-12-22(21)27-13-5-6-14-27/h7-12,15-16H,5-6,13-14H2,1-4H3,(H,25,28). The van der Waals surface area contributed by atoms with Crippen LogP contribution in [0, 0.1) is 0 Å². The van der Waals surface area contributed by atoms with Gasteiger partial charge in [-0.1, -0.05) is 0 Å². The molecule has 0 bridgehead atoms. The molecule has 9 nitrogen and oxygen atoms in total. The van der Waals surface area contributed by atoms with Gasteiger partial charge in [0.25, 0.3) is 0 Å². The van der Waals surface area contributed by atoms with Gasteiger partial charge in [0, 0.05) is 45.4 Å². The van der Waals surface area contributed by atoms with Gasteiger partial charge in [0.15, 0.2) is 6.10 Å². The fourth-order valence-corrected chi connectivity index (χ4v) is 4.65. The summed E-state index contributed by atoms with van der Waals surface area (Å²) in [6, 6.07) is 10.7. The van der Waals surface area contributed by atoms with Gasteiger partial charge >= 0.3 is 5.97 Å². The molecule has 2 aromatic rings. The maximum atomic E-state index is 13.1. The fraction of sp³-hybridized carbons (Fsp3) is 0.375. The highest BCUT2D eigenvalue weighted by Gasteiger charge is 2.27. The van der Waals surface area contributed by atoms with Crippen molar-refractivity contribution in [1.82, 2.24) is 4.31 Å². The zero-order valence-corrected chi connectivity index (χ0v) is 20.5. The Balaban J connectivity index is 1.85. The molecular formula is C24H29N3O6S. The van der Waals surface area contributed by atoms with E-state index >= 15 is 0 Å². The van der Waals surface area contributed by atoms with E-state index in [1.54, 1.807) is 18.2 Å². The molecule has 0 aromatic heterocycles. The van der Waals surface area contributed by atoms with Crippen molar-refractivity contribution in [1.29, 1.82) is 0 Å². The lowest BCUT2D eigenvalue weighted by molar-refractivity contribution is -0.114. The molecule has 1 saturated heterocycles. The normalized spacial score (nSPS) is 14.7. The van der Waals surface area contributed by atoms with E-state index in [-0.39, 0.29) is 16.4 Å². The second-order valence-corrected chi connectivity index (χ2v) is 10.5. The third-order valence-corrected chi connectivity index (χ3v) is 7.37. The van der Waals surface area contributed by atoms with Crippen molar-refractivity contribution < 1.29 is 27.5 Å². The van der Waals surface area contributed by atoms with Crippen LogP contribution in [-0.4, -0.2) is 63.7 Å². The summed E-state index contributed by atoms with van der Waals surface area (Å²) in [6.45, 7) is 4.35. The number of hydrogen-bond donors (Lipinski definition) is 1. The van der Waals surface area contributed by atoms with Crippen LogP contribution >= 0.6 is 0 Å². The lowest BCUT2D eigenvalue weighted by Gasteiger charge is -2.23. The Morgan fingerprint density at radius 3 is 2.21 bits per heavy atom. The predicted octanol–water partition coefficient (Wildman–Crippen LogP) is 2.92. The van der Waals surface area contributed by atoms with E-state index in [0.29, 0.717) is 16.9 Å². The van der Waals surface area contributed by atoms with Gasteiger partial charge in [-0.3, -0.25) is 9.59 Å². The van der Waals surface area contributed by atoms with E-state index < -0.39 is 27.9 Å². The van der Waals surface area contributed by atoms with E-state index in [4.69, 9.17) is 4.74 Å². The molecule has 10 heteroatoms. The highest BCUT2D eigenvalue weighted by molar-refractivity contribution is 7.89. The van der Waals surface area contributed by atoms with Crippen molar-refractivity contribution in [3.05, 3.63) is 53.6 Å². The van der Waals surface area contributed by atoms with Crippen molar-refractivity contribution in [2.24, 2.45) is 0 Å². The quantitative estimate of drug-likeness (QED) is 0.450. The van der Waals surface area contributed by atoms with Gasteiger partial charge in [-0.2, -0.15) is 0 Å². The van der Waals surface area contributed by atoms with Crippen molar-refractivity contribution in [3.63, 3.8) is 0 Å². The number of anilines is 2. The lowest BCUT2D eigenvalue weighted by Crippen LogP contribution is -2.27. The van der Waals surface area contributed by atoms with E-state index in [0.717, 1.165) is 30.2 Å². The molecule has 0 spiro atoms. The van der Waals surface area contributed by atoms with Gasteiger partial charge in [-0.25, -0.2) is 17.5 Å². The maximum absolute atomic E-state index is 13.1. The summed E-state index contributed by atoms with van der Waals surface area (Å²) in [5.74, 6) is -1.41. The number of carbonyl (C=O) groups excluding carboxylic acids is 3. The average molecular weight is 488 g/mol. The lowest BCUT2D eigenvalue weighted by atomic mass is 10.1. The number of nitrogens with zero attached hydrogens (tertiary/aromatic N) is 2. The molecule has 1 unspecified atom stereocenters. The number of nitrogens with one attached hydrogen (secondary N) is 1. The Labute approximate surface area is 199 Å². The highest BCUT2D eigenvalue weighted by atomic mass is 32.2. The Morgan fingerprint density at radius 2 is 1.65 bits per heavy atom. The third-order valence-electron chi connectivity index (χ3n) is 5.56.